The Kier molecular flexibility index (Phi) is 6.50. The second kappa shape index (κ2) is 9.45. The maximum atomic E-state index is 12.7. The summed E-state index contributed by atoms with van der Waals surface area (Å²) in [5.74, 6) is 0.745. The molecule has 0 amide bonds. The van der Waals surface area contributed by atoms with Gasteiger partial charge in [-0.1, -0.05) is 60.7 Å². The number of carbonyl (C=O) groups excluding carboxylic acids is 1. The van der Waals surface area contributed by atoms with Crippen LogP contribution in [0.1, 0.15) is 15.9 Å². The number of halogens is 2. The molecule has 0 bridgehead atoms. The third-order valence-corrected chi connectivity index (χ3v) is 6.13. The standard InChI is InChI=1S/C25H18Br2O3/c26-21-16-19(11-12-22(21)29-15-14-17-6-2-1-3-7-17)25(28)30-23-13-10-18-8-4-5-9-20(18)24(23)27/h1-13,16H,14-15H2. The summed E-state index contributed by atoms with van der Waals surface area (Å²) in [6.45, 7) is 0.552. The maximum absolute atomic E-state index is 12.7. The minimum atomic E-state index is -0.428. The van der Waals surface area contributed by atoms with Crippen molar-refractivity contribution >= 4 is 48.6 Å². The van der Waals surface area contributed by atoms with E-state index in [2.05, 4.69) is 44.0 Å². The van der Waals surface area contributed by atoms with Crippen molar-refractivity contribution in [1.29, 1.82) is 0 Å². The van der Waals surface area contributed by atoms with E-state index in [1.807, 2.05) is 48.5 Å². The molecule has 4 rings (SSSR count). The van der Waals surface area contributed by atoms with E-state index in [0.717, 1.165) is 21.7 Å². The third-order valence-electron chi connectivity index (χ3n) is 4.69. The van der Waals surface area contributed by atoms with Crippen LogP contribution in [0.2, 0.25) is 0 Å². The molecule has 0 N–H and O–H groups in total. The molecule has 4 aromatic carbocycles. The summed E-state index contributed by atoms with van der Waals surface area (Å²) in [6, 6.07) is 27.0. The van der Waals surface area contributed by atoms with Crippen LogP contribution < -0.4 is 9.47 Å². The number of carbonyl (C=O) groups is 1. The van der Waals surface area contributed by atoms with E-state index >= 15 is 0 Å². The van der Waals surface area contributed by atoms with Gasteiger partial charge >= 0.3 is 5.97 Å². The van der Waals surface area contributed by atoms with Gasteiger partial charge in [-0.3, -0.25) is 0 Å². The normalized spacial score (nSPS) is 10.7. The summed E-state index contributed by atoms with van der Waals surface area (Å²) in [6.07, 6.45) is 0.813. The fourth-order valence-corrected chi connectivity index (χ4v) is 4.19. The van der Waals surface area contributed by atoms with E-state index in [1.54, 1.807) is 24.3 Å². The predicted molar refractivity (Wildman–Crippen MR) is 126 cm³/mol. The molecule has 0 aliphatic carbocycles. The van der Waals surface area contributed by atoms with E-state index in [0.29, 0.717) is 28.1 Å². The van der Waals surface area contributed by atoms with Crippen molar-refractivity contribution in [3.63, 3.8) is 0 Å². The lowest BCUT2D eigenvalue weighted by Crippen LogP contribution is -2.09. The molecule has 3 nitrogen and oxygen atoms in total. The smallest absolute Gasteiger partial charge is 0.343 e. The highest BCUT2D eigenvalue weighted by Gasteiger charge is 2.14. The Morgan fingerprint density at radius 2 is 1.53 bits per heavy atom. The topological polar surface area (TPSA) is 35.5 Å². The average Bonchev–Trinajstić information content (AvgIpc) is 2.77. The van der Waals surface area contributed by atoms with Crippen LogP contribution in [-0.4, -0.2) is 12.6 Å². The van der Waals surface area contributed by atoms with Crippen LogP contribution in [0, 0.1) is 0 Å². The highest BCUT2D eigenvalue weighted by atomic mass is 79.9. The lowest BCUT2D eigenvalue weighted by molar-refractivity contribution is 0.0733. The van der Waals surface area contributed by atoms with E-state index in [4.69, 9.17) is 9.47 Å². The van der Waals surface area contributed by atoms with Crippen molar-refractivity contribution in [2.24, 2.45) is 0 Å². The second-order valence-corrected chi connectivity index (χ2v) is 8.36. The van der Waals surface area contributed by atoms with Gasteiger partial charge in [0, 0.05) is 6.42 Å². The van der Waals surface area contributed by atoms with E-state index in [1.165, 1.54) is 5.56 Å². The van der Waals surface area contributed by atoms with Crippen LogP contribution in [-0.2, 0) is 6.42 Å². The van der Waals surface area contributed by atoms with Crippen LogP contribution in [0.4, 0.5) is 0 Å². The van der Waals surface area contributed by atoms with E-state index < -0.39 is 5.97 Å². The quantitative estimate of drug-likeness (QED) is 0.197. The van der Waals surface area contributed by atoms with Crippen LogP contribution in [0.25, 0.3) is 10.8 Å². The van der Waals surface area contributed by atoms with Gasteiger partial charge in [-0.2, -0.15) is 0 Å². The lowest BCUT2D eigenvalue weighted by atomic mass is 10.1. The Morgan fingerprint density at radius 1 is 0.800 bits per heavy atom. The summed E-state index contributed by atoms with van der Waals surface area (Å²) in [5, 5.41) is 2.06. The molecule has 0 saturated carbocycles. The minimum absolute atomic E-state index is 0.428. The molecule has 0 saturated heterocycles. The summed E-state index contributed by atoms with van der Waals surface area (Å²) < 4.78 is 12.9. The predicted octanol–water partition coefficient (Wildman–Crippen LogP) is 7.21. The van der Waals surface area contributed by atoms with Gasteiger partial charge in [0.1, 0.15) is 11.5 Å². The third kappa shape index (κ3) is 4.74. The van der Waals surface area contributed by atoms with Crippen LogP contribution >= 0.6 is 31.9 Å². The van der Waals surface area contributed by atoms with Crippen molar-refractivity contribution in [2.75, 3.05) is 6.61 Å². The van der Waals surface area contributed by atoms with Crippen molar-refractivity contribution in [3.8, 4) is 11.5 Å². The van der Waals surface area contributed by atoms with E-state index in [-0.39, 0.29) is 0 Å². The Balaban J connectivity index is 1.43. The molecule has 0 aliphatic heterocycles. The molecule has 0 unspecified atom stereocenters. The van der Waals surface area contributed by atoms with Gasteiger partial charge in [-0.05, 0) is 72.5 Å². The van der Waals surface area contributed by atoms with E-state index in [9.17, 15) is 4.79 Å². The number of rotatable bonds is 6. The highest BCUT2D eigenvalue weighted by Crippen LogP contribution is 2.34. The molecular weight excluding hydrogens is 508 g/mol. The molecule has 0 spiro atoms. The van der Waals surface area contributed by atoms with Crippen molar-refractivity contribution in [3.05, 3.63) is 105 Å². The molecule has 4 aromatic rings. The van der Waals surface area contributed by atoms with Crippen LogP contribution in [0.3, 0.4) is 0 Å². The molecule has 0 aromatic heterocycles. The molecular formula is C25H18Br2O3. The zero-order valence-corrected chi connectivity index (χ0v) is 19.1. The molecule has 150 valence electrons. The molecule has 0 atom stereocenters. The van der Waals surface area contributed by atoms with Crippen LogP contribution in [0.5, 0.6) is 11.5 Å². The molecule has 0 fully saturated rings. The summed E-state index contributed by atoms with van der Waals surface area (Å²) in [5.41, 5.74) is 1.66. The van der Waals surface area contributed by atoms with Gasteiger partial charge in [0.05, 0.1) is 21.1 Å². The Morgan fingerprint density at radius 3 is 2.33 bits per heavy atom. The van der Waals surface area contributed by atoms with Gasteiger partial charge in [0.15, 0.2) is 0 Å². The van der Waals surface area contributed by atoms with Crippen molar-refractivity contribution in [1.82, 2.24) is 0 Å². The number of hydrogen-bond acceptors (Lipinski definition) is 3. The van der Waals surface area contributed by atoms with Crippen molar-refractivity contribution in [2.45, 2.75) is 6.42 Å². The van der Waals surface area contributed by atoms with Gasteiger partial charge in [0.25, 0.3) is 0 Å². The monoisotopic (exact) mass is 524 g/mol. The first kappa shape index (κ1) is 20.6. The minimum Gasteiger partial charge on any atom is -0.492 e. The summed E-state index contributed by atoms with van der Waals surface area (Å²) in [4.78, 5) is 12.7. The first-order valence-corrected chi connectivity index (χ1v) is 11.1. The average molecular weight is 526 g/mol. The number of ether oxygens (including phenoxy) is 2. The van der Waals surface area contributed by atoms with Gasteiger partial charge in [0.2, 0.25) is 0 Å². The zero-order valence-electron chi connectivity index (χ0n) is 16.0. The van der Waals surface area contributed by atoms with Gasteiger partial charge in [-0.25, -0.2) is 4.79 Å². The number of esters is 1. The largest absolute Gasteiger partial charge is 0.492 e. The van der Waals surface area contributed by atoms with Crippen molar-refractivity contribution < 1.29 is 14.3 Å². The molecule has 0 radical (unpaired) electrons. The zero-order chi connectivity index (χ0) is 20.9. The molecule has 5 heteroatoms. The number of fused-ring (bicyclic) bond motifs is 1. The first-order valence-electron chi connectivity index (χ1n) is 9.47. The lowest BCUT2D eigenvalue weighted by Gasteiger charge is -2.11. The van der Waals surface area contributed by atoms with Gasteiger partial charge < -0.3 is 9.47 Å². The number of hydrogen-bond donors (Lipinski definition) is 0. The first-order chi connectivity index (χ1) is 14.6. The molecule has 30 heavy (non-hydrogen) atoms. The molecule has 0 aliphatic rings. The Hall–Kier alpha value is -2.63. The molecule has 0 heterocycles. The van der Waals surface area contributed by atoms with Crippen LogP contribution in [0.15, 0.2) is 93.9 Å². The fraction of sp³-hybridized carbons (Fsp3) is 0.0800. The Bertz CT molecular complexity index is 1190. The Labute approximate surface area is 191 Å². The highest BCUT2D eigenvalue weighted by molar-refractivity contribution is 9.11. The summed E-state index contributed by atoms with van der Waals surface area (Å²) >= 11 is 7.04. The second-order valence-electron chi connectivity index (χ2n) is 6.72. The van der Waals surface area contributed by atoms with Gasteiger partial charge in [-0.15, -0.1) is 0 Å². The summed E-state index contributed by atoms with van der Waals surface area (Å²) in [7, 11) is 0. The number of benzene rings is 4. The maximum Gasteiger partial charge on any atom is 0.343 e. The fourth-order valence-electron chi connectivity index (χ4n) is 3.12. The SMILES string of the molecule is O=C(Oc1ccc2ccccc2c1Br)c1ccc(OCCc2ccccc2)c(Br)c1.